The molecule has 0 bridgehead atoms. The Labute approximate surface area is 83.8 Å². The largest absolute Gasteiger partial charge is 0.324 e. The average Bonchev–Trinajstić information content (AvgIpc) is 2.08. The van der Waals surface area contributed by atoms with Crippen molar-refractivity contribution in [3.63, 3.8) is 0 Å². The summed E-state index contributed by atoms with van der Waals surface area (Å²) in [6.45, 7) is 0. The van der Waals surface area contributed by atoms with Crippen molar-refractivity contribution in [3.8, 4) is 0 Å². The number of carbonyl (C=O) groups excluding carboxylic acids is 1. The number of rotatable bonds is 0. The van der Waals surface area contributed by atoms with E-state index in [0.29, 0.717) is 0 Å². The van der Waals surface area contributed by atoms with Crippen LogP contribution < -0.4 is 5.32 Å². The van der Waals surface area contributed by atoms with Crippen molar-refractivity contribution >= 4 is 21.4 Å². The van der Waals surface area contributed by atoms with E-state index in [4.69, 9.17) is 0 Å². The highest BCUT2D eigenvalue weighted by Crippen LogP contribution is 2.30. The first-order valence-electron chi connectivity index (χ1n) is 3.92. The number of nitrogens with one attached hydrogen (secondary N) is 1. The Morgan fingerprint density at radius 1 is 1.27 bits per heavy atom. The molecule has 1 aliphatic heterocycles. The smallest absolute Gasteiger partial charge is 0.239 e. The third-order valence-corrected chi connectivity index (χ3v) is 3.62. The zero-order valence-electron chi connectivity index (χ0n) is 7.25. The van der Waals surface area contributed by atoms with Gasteiger partial charge < -0.3 is 5.32 Å². The predicted molar refractivity (Wildman–Crippen MR) is 47.0 cm³/mol. The topological polar surface area (TPSA) is 63.2 Å². The molecule has 4 nitrogen and oxygen atoms in total. The number of hydrogen-bond donors (Lipinski definition) is 1. The summed E-state index contributed by atoms with van der Waals surface area (Å²) in [5.74, 6) is -4.32. The zero-order chi connectivity index (χ0) is 11.2. The van der Waals surface area contributed by atoms with Crippen molar-refractivity contribution in [1.82, 2.24) is 0 Å². The number of hydrogen-bond acceptors (Lipinski definition) is 3. The van der Waals surface area contributed by atoms with Crippen molar-refractivity contribution < 1.29 is 22.0 Å². The van der Waals surface area contributed by atoms with Crippen molar-refractivity contribution in [2.75, 3.05) is 11.1 Å². The lowest BCUT2D eigenvalue weighted by molar-refractivity contribution is -0.114. The first kappa shape index (κ1) is 10.0. The van der Waals surface area contributed by atoms with Gasteiger partial charge in [0.25, 0.3) is 0 Å². The minimum Gasteiger partial charge on any atom is -0.324 e. The second kappa shape index (κ2) is 2.99. The van der Waals surface area contributed by atoms with Crippen molar-refractivity contribution in [2.45, 2.75) is 4.90 Å². The number of fused-ring (bicyclic) bond motifs is 1. The van der Waals surface area contributed by atoms with Gasteiger partial charge in [0.15, 0.2) is 21.5 Å². The number of carbonyl (C=O) groups is 1. The van der Waals surface area contributed by atoms with Crippen molar-refractivity contribution in [2.24, 2.45) is 0 Å². The van der Waals surface area contributed by atoms with Crippen molar-refractivity contribution in [3.05, 3.63) is 23.8 Å². The molecule has 1 aromatic rings. The second-order valence-corrected chi connectivity index (χ2v) is 4.97. The van der Waals surface area contributed by atoms with Crippen LogP contribution in [0.2, 0.25) is 0 Å². The molecule has 0 radical (unpaired) electrons. The van der Waals surface area contributed by atoms with Crippen LogP contribution in [0.15, 0.2) is 17.0 Å². The van der Waals surface area contributed by atoms with Crippen LogP contribution in [0.5, 0.6) is 0 Å². The normalized spacial score (nSPS) is 18.1. The van der Waals surface area contributed by atoms with Gasteiger partial charge in [-0.05, 0) is 12.1 Å². The number of amides is 1. The summed E-state index contributed by atoms with van der Waals surface area (Å²) < 4.78 is 48.8. The Morgan fingerprint density at radius 3 is 2.60 bits per heavy atom. The van der Waals surface area contributed by atoms with Gasteiger partial charge in [-0.2, -0.15) is 0 Å². The third-order valence-electron chi connectivity index (χ3n) is 1.96. The van der Waals surface area contributed by atoms with Gasteiger partial charge in [-0.15, -0.1) is 0 Å². The van der Waals surface area contributed by atoms with Crippen molar-refractivity contribution in [1.29, 1.82) is 0 Å². The van der Waals surface area contributed by atoms with Crippen LogP contribution in [-0.4, -0.2) is 20.1 Å². The summed E-state index contributed by atoms with van der Waals surface area (Å²) in [6, 6.07) is 1.78. The number of anilines is 1. The Hall–Kier alpha value is -1.50. The zero-order valence-corrected chi connectivity index (χ0v) is 8.07. The van der Waals surface area contributed by atoms with Gasteiger partial charge in [0, 0.05) is 0 Å². The quantitative estimate of drug-likeness (QED) is 0.717. The Balaban J connectivity index is 2.80. The maximum absolute atomic E-state index is 13.2. The molecule has 7 heteroatoms. The highest BCUT2D eigenvalue weighted by molar-refractivity contribution is 7.92. The van der Waals surface area contributed by atoms with Crippen LogP contribution >= 0.6 is 0 Å². The summed E-state index contributed by atoms with van der Waals surface area (Å²) >= 11 is 0. The van der Waals surface area contributed by atoms with Gasteiger partial charge in [0.1, 0.15) is 10.6 Å². The van der Waals surface area contributed by atoms with Crippen LogP contribution in [-0.2, 0) is 14.6 Å². The number of halogens is 2. The monoisotopic (exact) mass is 233 g/mol. The lowest BCUT2D eigenvalue weighted by Gasteiger charge is -2.17. The maximum atomic E-state index is 13.2. The molecule has 80 valence electrons. The summed E-state index contributed by atoms with van der Waals surface area (Å²) in [7, 11) is -4.07. The molecule has 1 N–H and O–H groups in total. The minimum atomic E-state index is -4.07. The molecule has 0 aliphatic carbocycles. The second-order valence-electron chi connectivity index (χ2n) is 3.05. The molecule has 0 saturated carbocycles. The molecule has 0 atom stereocenters. The van der Waals surface area contributed by atoms with Gasteiger partial charge >= 0.3 is 0 Å². The highest BCUT2D eigenvalue weighted by Gasteiger charge is 2.33. The molecular weight excluding hydrogens is 228 g/mol. The molecule has 1 aliphatic rings. The average molecular weight is 233 g/mol. The maximum Gasteiger partial charge on any atom is 0.239 e. The van der Waals surface area contributed by atoms with Crippen LogP contribution in [0.1, 0.15) is 0 Å². The Morgan fingerprint density at radius 2 is 1.93 bits per heavy atom. The van der Waals surface area contributed by atoms with Crippen LogP contribution in [0.4, 0.5) is 14.5 Å². The van der Waals surface area contributed by atoms with Gasteiger partial charge in [0.05, 0.1) is 5.69 Å². The molecule has 0 unspecified atom stereocenters. The summed E-state index contributed by atoms with van der Waals surface area (Å²) in [5.41, 5.74) is -0.217. The van der Waals surface area contributed by atoms with E-state index in [1.165, 1.54) is 0 Å². The lowest BCUT2D eigenvalue weighted by Crippen LogP contribution is -2.30. The van der Waals surface area contributed by atoms with E-state index in [-0.39, 0.29) is 5.69 Å². The minimum absolute atomic E-state index is 0.217. The fourth-order valence-corrected chi connectivity index (χ4v) is 2.75. The van der Waals surface area contributed by atoms with E-state index in [1.807, 2.05) is 0 Å². The van der Waals surface area contributed by atoms with E-state index in [9.17, 15) is 22.0 Å². The third kappa shape index (κ3) is 1.48. The fraction of sp³-hybridized carbons (Fsp3) is 0.125. The number of sulfone groups is 1. The summed E-state index contributed by atoms with van der Waals surface area (Å²) in [5, 5.41) is 2.16. The van der Waals surface area contributed by atoms with Gasteiger partial charge in [-0.25, -0.2) is 17.2 Å². The van der Waals surface area contributed by atoms with E-state index in [1.54, 1.807) is 0 Å². The van der Waals surface area contributed by atoms with E-state index < -0.39 is 38.0 Å². The molecule has 2 rings (SSSR count). The standard InChI is InChI=1S/C8H5F2NO3S/c9-4-1-2-5-8(7(4)10)15(13,14)3-6(12)11-5/h1-2H,3H2,(H,11,12). The Bertz CT molecular complexity index is 553. The fourth-order valence-electron chi connectivity index (χ4n) is 1.37. The lowest BCUT2D eigenvalue weighted by atomic mass is 10.3. The molecule has 0 aromatic heterocycles. The molecule has 1 heterocycles. The van der Waals surface area contributed by atoms with Gasteiger partial charge in [-0.3, -0.25) is 4.79 Å². The van der Waals surface area contributed by atoms with Crippen LogP contribution in [0, 0.1) is 11.6 Å². The first-order valence-corrected chi connectivity index (χ1v) is 5.57. The van der Waals surface area contributed by atoms with E-state index in [2.05, 4.69) is 5.32 Å². The molecule has 0 fully saturated rings. The number of benzene rings is 1. The van der Waals surface area contributed by atoms with Crippen LogP contribution in [0.25, 0.3) is 0 Å². The molecule has 0 spiro atoms. The molecular formula is C8H5F2NO3S. The summed E-state index contributed by atoms with van der Waals surface area (Å²) in [6.07, 6.45) is 0. The SMILES string of the molecule is O=C1CS(=O)(=O)c2c(ccc(F)c2F)N1. The molecule has 0 saturated heterocycles. The molecule has 15 heavy (non-hydrogen) atoms. The Kier molecular flexibility index (Phi) is 2.00. The highest BCUT2D eigenvalue weighted by atomic mass is 32.2. The first-order chi connectivity index (χ1) is 6.92. The summed E-state index contributed by atoms with van der Waals surface area (Å²) in [4.78, 5) is 10.2. The molecule has 1 amide bonds. The van der Waals surface area contributed by atoms with E-state index in [0.717, 1.165) is 12.1 Å². The van der Waals surface area contributed by atoms with E-state index >= 15 is 0 Å². The predicted octanol–water partition coefficient (Wildman–Crippen LogP) is 0.691. The van der Waals surface area contributed by atoms with Gasteiger partial charge in [-0.1, -0.05) is 0 Å². The molecule has 1 aromatic carbocycles. The van der Waals surface area contributed by atoms with Crippen LogP contribution in [0.3, 0.4) is 0 Å². The van der Waals surface area contributed by atoms with Gasteiger partial charge in [0.2, 0.25) is 5.91 Å².